The molecule has 5 atom stereocenters. The third-order valence-corrected chi connectivity index (χ3v) is 3.66. The van der Waals surface area contributed by atoms with E-state index in [0.29, 0.717) is 0 Å². The summed E-state index contributed by atoms with van der Waals surface area (Å²) < 4.78 is 0. The Labute approximate surface area is 49.7 Å². The molecule has 1 heteroatoms. The van der Waals surface area contributed by atoms with Crippen molar-refractivity contribution >= 4 is 0 Å². The molecule has 0 radical (unpaired) electrons. The van der Waals surface area contributed by atoms with Crippen LogP contribution in [-0.4, -0.2) is 23.0 Å². The molecule has 0 aromatic heterocycles. The molecule has 3 rings (SSSR count). The summed E-state index contributed by atoms with van der Waals surface area (Å²) in [4.78, 5) is 2.63. The van der Waals surface area contributed by atoms with Crippen LogP contribution in [0.5, 0.6) is 0 Å². The fraction of sp³-hybridized carbons (Fsp3) is 1.00. The van der Waals surface area contributed by atoms with Gasteiger partial charge in [0.1, 0.15) is 0 Å². The van der Waals surface area contributed by atoms with Crippen LogP contribution in [0, 0.1) is 11.8 Å². The predicted octanol–water partition coefficient (Wildman–Crippen LogP) is 0.709. The summed E-state index contributed by atoms with van der Waals surface area (Å²) in [6.45, 7) is 6.19. The van der Waals surface area contributed by atoms with Crippen molar-refractivity contribution in [2.75, 3.05) is 6.54 Å². The SMILES string of the molecule is CC1C2C(C)C23CN13. The van der Waals surface area contributed by atoms with Gasteiger partial charge in [0.05, 0.1) is 0 Å². The lowest BCUT2D eigenvalue weighted by Crippen LogP contribution is -2.31. The molecule has 8 heavy (non-hydrogen) atoms. The highest BCUT2D eigenvalue weighted by Gasteiger charge is 2.86. The Morgan fingerprint density at radius 2 is 2.25 bits per heavy atom. The van der Waals surface area contributed by atoms with E-state index in [1.807, 2.05) is 0 Å². The Bertz CT molecular complexity index is 158. The number of nitrogens with zero attached hydrogens (tertiary/aromatic N) is 1. The summed E-state index contributed by atoms with van der Waals surface area (Å²) in [7, 11) is 0. The zero-order valence-electron chi connectivity index (χ0n) is 5.39. The molecular formula is C7H11N. The van der Waals surface area contributed by atoms with Crippen LogP contribution in [0.1, 0.15) is 13.8 Å². The molecule has 5 unspecified atom stereocenters. The molecule has 1 saturated carbocycles. The van der Waals surface area contributed by atoms with Gasteiger partial charge in [-0.2, -0.15) is 0 Å². The van der Waals surface area contributed by atoms with E-state index < -0.39 is 0 Å². The summed E-state index contributed by atoms with van der Waals surface area (Å²) in [6, 6.07) is 0.949. The molecule has 3 fully saturated rings. The molecule has 0 aromatic rings. The van der Waals surface area contributed by atoms with E-state index in [2.05, 4.69) is 18.7 Å². The van der Waals surface area contributed by atoms with Crippen LogP contribution < -0.4 is 0 Å². The fourth-order valence-electron chi connectivity index (χ4n) is 3.06. The van der Waals surface area contributed by atoms with E-state index in [-0.39, 0.29) is 0 Å². The van der Waals surface area contributed by atoms with Crippen molar-refractivity contribution in [2.24, 2.45) is 11.8 Å². The highest BCUT2D eigenvalue weighted by Crippen LogP contribution is 2.76. The third kappa shape index (κ3) is 0.153. The molecule has 2 heterocycles. The monoisotopic (exact) mass is 109 g/mol. The highest BCUT2D eigenvalue weighted by atomic mass is 15.5. The molecule has 0 aromatic carbocycles. The first-order valence-electron chi connectivity index (χ1n) is 3.55. The van der Waals surface area contributed by atoms with Crippen LogP contribution in [0.2, 0.25) is 0 Å². The second-order valence-electron chi connectivity index (χ2n) is 3.67. The van der Waals surface area contributed by atoms with E-state index in [0.717, 1.165) is 23.4 Å². The van der Waals surface area contributed by atoms with E-state index in [1.54, 1.807) is 0 Å². The van der Waals surface area contributed by atoms with E-state index in [4.69, 9.17) is 0 Å². The lowest BCUT2D eigenvalue weighted by molar-refractivity contribution is 0.260. The van der Waals surface area contributed by atoms with Crippen molar-refractivity contribution in [1.29, 1.82) is 0 Å². The van der Waals surface area contributed by atoms with Crippen LogP contribution in [0.4, 0.5) is 0 Å². The van der Waals surface area contributed by atoms with Gasteiger partial charge in [-0.1, -0.05) is 6.92 Å². The number of hydrogen-bond donors (Lipinski definition) is 0. The Morgan fingerprint density at radius 3 is 2.38 bits per heavy atom. The average molecular weight is 109 g/mol. The van der Waals surface area contributed by atoms with Crippen LogP contribution >= 0.6 is 0 Å². The Kier molecular flexibility index (Phi) is 0.334. The first-order valence-corrected chi connectivity index (χ1v) is 3.55. The molecule has 3 aliphatic rings. The van der Waals surface area contributed by atoms with Crippen molar-refractivity contribution < 1.29 is 0 Å². The topological polar surface area (TPSA) is 3.01 Å². The molecule has 2 aliphatic heterocycles. The van der Waals surface area contributed by atoms with Gasteiger partial charge in [0, 0.05) is 18.1 Å². The molecule has 2 saturated heterocycles. The molecule has 1 aliphatic carbocycles. The normalized spacial score (nSPS) is 81.8. The van der Waals surface area contributed by atoms with Crippen molar-refractivity contribution in [3.05, 3.63) is 0 Å². The lowest BCUT2D eigenvalue weighted by atomic mass is 10.1. The van der Waals surface area contributed by atoms with E-state index >= 15 is 0 Å². The van der Waals surface area contributed by atoms with Crippen LogP contribution in [0.15, 0.2) is 0 Å². The van der Waals surface area contributed by atoms with Gasteiger partial charge in [0.15, 0.2) is 0 Å². The minimum Gasteiger partial charge on any atom is -0.291 e. The van der Waals surface area contributed by atoms with Crippen molar-refractivity contribution in [2.45, 2.75) is 25.4 Å². The van der Waals surface area contributed by atoms with Gasteiger partial charge in [0.2, 0.25) is 0 Å². The third-order valence-electron chi connectivity index (χ3n) is 3.66. The van der Waals surface area contributed by atoms with Gasteiger partial charge >= 0.3 is 0 Å². The smallest absolute Gasteiger partial charge is 0.0416 e. The van der Waals surface area contributed by atoms with Gasteiger partial charge in [-0.15, -0.1) is 0 Å². The van der Waals surface area contributed by atoms with Gasteiger partial charge in [0.25, 0.3) is 0 Å². The summed E-state index contributed by atoms with van der Waals surface area (Å²) in [5.74, 6) is 2.17. The minimum absolute atomic E-state index is 0.819. The maximum Gasteiger partial charge on any atom is 0.0416 e. The first kappa shape index (κ1) is 3.89. The van der Waals surface area contributed by atoms with Crippen LogP contribution in [0.25, 0.3) is 0 Å². The zero-order chi connectivity index (χ0) is 5.52. The van der Waals surface area contributed by atoms with Gasteiger partial charge in [-0.05, 0) is 18.8 Å². The average Bonchev–Trinajstić information content (AvgIpc) is 2.50. The van der Waals surface area contributed by atoms with E-state index in [9.17, 15) is 0 Å². The van der Waals surface area contributed by atoms with Gasteiger partial charge in [-0.25, -0.2) is 0 Å². The molecule has 1 nitrogen and oxygen atoms in total. The minimum atomic E-state index is 0.819. The van der Waals surface area contributed by atoms with Crippen molar-refractivity contribution in [3.8, 4) is 0 Å². The Balaban J connectivity index is 2.04. The van der Waals surface area contributed by atoms with Crippen LogP contribution in [0.3, 0.4) is 0 Å². The fourth-order valence-corrected chi connectivity index (χ4v) is 3.06. The maximum atomic E-state index is 2.63. The molecule has 0 N–H and O–H groups in total. The predicted molar refractivity (Wildman–Crippen MR) is 31.6 cm³/mol. The van der Waals surface area contributed by atoms with Gasteiger partial charge in [-0.3, -0.25) is 4.90 Å². The standard InChI is InChI=1S/C7H11N/c1-4-6-5(2)8-3-7(4,6)8/h4-6H,3H2,1-2H3. The largest absolute Gasteiger partial charge is 0.291 e. The maximum absolute atomic E-state index is 2.63. The molecule has 1 spiro atoms. The Hall–Kier alpha value is -0.0400. The molecule has 0 bridgehead atoms. The van der Waals surface area contributed by atoms with Crippen molar-refractivity contribution in [1.82, 2.24) is 4.90 Å². The van der Waals surface area contributed by atoms with E-state index in [1.165, 1.54) is 6.54 Å². The second-order valence-corrected chi connectivity index (χ2v) is 3.67. The summed E-state index contributed by atoms with van der Waals surface area (Å²) in [6.07, 6.45) is 0. The Morgan fingerprint density at radius 1 is 1.50 bits per heavy atom. The number of piperidine rings is 1. The summed E-state index contributed by atoms with van der Waals surface area (Å²) in [5, 5.41) is 0. The lowest BCUT2D eigenvalue weighted by Gasteiger charge is -2.20. The van der Waals surface area contributed by atoms with Crippen molar-refractivity contribution in [3.63, 3.8) is 0 Å². The second kappa shape index (κ2) is 0.688. The quantitative estimate of drug-likeness (QED) is 0.414. The summed E-state index contributed by atoms with van der Waals surface area (Å²) >= 11 is 0. The van der Waals surface area contributed by atoms with Gasteiger partial charge < -0.3 is 0 Å². The highest BCUT2D eigenvalue weighted by molar-refractivity contribution is 5.40. The summed E-state index contributed by atoms with van der Waals surface area (Å²) in [5.41, 5.74) is 0.819. The number of rotatable bonds is 0. The zero-order valence-corrected chi connectivity index (χ0v) is 5.39. The number of hydrogen-bond acceptors (Lipinski definition) is 1. The molecule has 0 amide bonds. The molecule has 44 valence electrons. The first-order chi connectivity index (χ1) is 3.78. The van der Waals surface area contributed by atoms with Crippen LogP contribution in [-0.2, 0) is 0 Å². The molecular weight excluding hydrogens is 98.1 g/mol.